The standard InChI is InChI=1S/C21H23NO2/c1-2-22-15-19(23)21(17-10-4-3-5-11-17)24-20-14-8-12-16-9-6-7-13-18(16)20/h3-14,19,21-23H,2,15H2,1H3/t19-,21+/m1/s1. The highest BCUT2D eigenvalue weighted by atomic mass is 16.5. The minimum atomic E-state index is -0.633. The van der Waals surface area contributed by atoms with Crippen LogP contribution in [0, 0.1) is 0 Å². The summed E-state index contributed by atoms with van der Waals surface area (Å²) in [5, 5.41) is 16.0. The molecule has 0 fully saturated rings. The van der Waals surface area contributed by atoms with Crippen LogP contribution in [0.25, 0.3) is 10.8 Å². The smallest absolute Gasteiger partial charge is 0.151 e. The van der Waals surface area contributed by atoms with E-state index in [1.54, 1.807) is 0 Å². The molecule has 0 amide bonds. The van der Waals surface area contributed by atoms with E-state index in [9.17, 15) is 5.11 Å². The van der Waals surface area contributed by atoms with Crippen LogP contribution in [0.1, 0.15) is 18.6 Å². The van der Waals surface area contributed by atoms with Gasteiger partial charge in [-0.05, 0) is 23.6 Å². The molecule has 3 heteroatoms. The van der Waals surface area contributed by atoms with Gasteiger partial charge in [0.25, 0.3) is 0 Å². The Kier molecular flexibility index (Phi) is 5.47. The molecule has 0 aliphatic rings. The Morgan fingerprint density at radius 2 is 1.62 bits per heavy atom. The molecule has 3 nitrogen and oxygen atoms in total. The van der Waals surface area contributed by atoms with Gasteiger partial charge in [0.1, 0.15) is 11.9 Å². The molecule has 0 saturated heterocycles. The van der Waals surface area contributed by atoms with Gasteiger partial charge in [-0.15, -0.1) is 0 Å². The SMILES string of the molecule is CCNC[C@@H](O)[C@@H](Oc1cccc2ccccc12)c1ccccc1. The monoisotopic (exact) mass is 321 g/mol. The number of benzene rings is 3. The fourth-order valence-electron chi connectivity index (χ4n) is 2.85. The van der Waals surface area contributed by atoms with E-state index in [1.165, 1.54) is 0 Å². The zero-order valence-electron chi connectivity index (χ0n) is 13.9. The first-order valence-corrected chi connectivity index (χ1v) is 8.37. The van der Waals surface area contributed by atoms with Crippen molar-refractivity contribution in [3.63, 3.8) is 0 Å². The van der Waals surface area contributed by atoms with Gasteiger partial charge in [-0.25, -0.2) is 0 Å². The molecule has 0 bridgehead atoms. The Morgan fingerprint density at radius 1 is 0.917 bits per heavy atom. The molecule has 3 rings (SSSR count). The number of rotatable bonds is 7. The normalized spacial score (nSPS) is 13.6. The van der Waals surface area contributed by atoms with Gasteiger partial charge < -0.3 is 15.2 Å². The molecule has 3 aromatic rings. The van der Waals surface area contributed by atoms with Crippen molar-refractivity contribution in [3.8, 4) is 5.75 Å². The van der Waals surface area contributed by atoms with E-state index >= 15 is 0 Å². The van der Waals surface area contributed by atoms with Crippen molar-refractivity contribution in [1.29, 1.82) is 0 Å². The first-order chi connectivity index (χ1) is 11.8. The molecule has 0 heterocycles. The van der Waals surface area contributed by atoms with Crippen LogP contribution in [0.5, 0.6) is 5.75 Å². The third kappa shape index (κ3) is 3.75. The molecular weight excluding hydrogens is 298 g/mol. The molecule has 124 valence electrons. The van der Waals surface area contributed by atoms with Crippen LogP contribution in [0.2, 0.25) is 0 Å². The van der Waals surface area contributed by atoms with Crippen molar-refractivity contribution < 1.29 is 9.84 Å². The summed E-state index contributed by atoms with van der Waals surface area (Å²) in [6.07, 6.45) is -1.05. The number of fused-ring (bicyclic) bond motifs is 1. The quantitative estimate of drug-likeness (QED) is 0.693. The summed E-state index contributed by atoms with van der Waals surface area (Å²) in [5.74, 6) is 0.789. The zero-order valence-corrected chi connectivity index (χ0v) is 13.9. The Labute approximate surface area is 142 Å². The zero-order chi connectivity index (χ0) is 16.8. The van der Waals surface area contributed by atoms with Crippen LogP contribution < -0.4 is 10.1 Å². The average Bonchev–Trinajstić information content (AvgIpc) is 2.65. The molecule has 0 radical (unpaired) electrons. The molecule has 2 atom stereocenters. The number of ether oxygens (including phenoxy) is 1. The van der Waals surface area contributed by atoms with Gasteiger partial charge in [-0.1, -0.05) is 73.7 Å². The lowest BCUT2D eigenvalue weighted by molar-refractivity contribution is 0.0370. The molecule has 0 aliphatic carbocycles. The van der Waals surface area contributed by atoms with Gasteiger partial charge in [0, 0.05) is 11.9 Å². The number of aliphatic hydroxyl groups excluding tert-OH is 1. The fourth-order valence-corrected chi connectivity index (χ4v) is 2.85. The first-order valence-electron chi connectivity index (χ1n) is 8.37. The van der Waals surface area contributed by atoms with Crippen molar-refractivity contribution in [1.82, 2.24) is 5.32 Å². The average molecular weight is 321 g/mol. The molecular formula is C21H23NO2. The van der Waals surface area contributed by atoms with Gasteiger partial charge in [0.05, 0.1) is 0 Å². The highest BCUT2D eigenvalue weighted by molar-refractivity contribution is 5.88. The Bertz CT molecular complexity index is 768. The number of aliphatic hydroxyl groups is 1. The minimum Gasteiger partial charge on any atom is -0.482 e. The van der Waals surface area contributed by atoms with Crippen molar-refractivity contribution in [2.45, 2.75) is 19.1 Å². The molecule has 24 heavy (non-hydrogen) atoms. The van der Waals surface area contributed by atoms with Crippen LogP contribution in [0.4, 0.5) is 0 Å². The van der Waals surface area contributed by atoms with E-state index in [2.05, 4.69) is 17.4 Å². The van der Waals surface area contributed by atoms with E-state index in [0.29, 0.717) is 6.54 Å². The summed E-state index contributed by atoms with van der Waals surface area (Å²) in [6, 6.07) is 24.0. The van der Waals surface area contributed by atoms with Gasteiger partial charge >= 0.3 is 0 Å². The van der Waals surface area contributed by atoms with Crippen LogP contribution >= 0.6 is 0 Å². The molecule has 0 saturated carbocycles. The van der Waals surface area contributed by atoms with Crippen LogP contribution in [-0.2, 0) is 0 Å². The number of hydrogen-bond acceptors (Lipinski definition) is 3. The maximum Gasteiger partial charge on any atom is 0.151 e. The summed E-state index contributed by atoms with van der Waals surface area (Å²) in [4.78, 5) is 0. The number of hydrogen-bond donors (Lipinski definition) is 2. The molecule has 0 aliphatic heterocycles. The van der Waals surface area contributed by atoms with E-state index < -0.39 is 12.2 Å². The summed E-state index contributed by atoms with van der Waals surface area (Å²) in [7, 11) is 0. The number of likely N-dealkylation sites (N-methyl/N-ethyl adjacent to an activating group) is 1. The van der Waals surface area contributed by atoms with Crippen molar-refractivity contribution in [3.05, 3.63) is 78.4 Å². The van der Waals surface area contributed by atoms with Crippen molar-refractivity contribution in [2.24, 2.45) is 0 Å². The minimum absolute atomic E-state index is 0.420. The summed E-state index contributed by atoms with van der Waals surface area (Å²) >= 11 is 0. The largest absolute Gasteiger partial charge is 0.482 e. The fraction of sp³-hybridized carbons (Fsp3) is 0.238. The van der Waals surface area contributed by atoms with Gasteiger partial charge in [-0.3, -0.25) is 0 Å². The van der Waals surface area contributed by atoms with Gasteiger partial charge in [0.2, 0.25) is 0 Å². The lowest BCUT2D eigenvalue weighted by Gasteiger charge is -2.25. The topological polar surface area (TPSA) is 41.5 Å². The molecule has 3 aromatic carbocycles. The van der Waals surface area contributed by atoms with E-state index in [4.69, 9.17) is 4.74 Å². The Morgan fingerprint density at radius 3 is 2.42 bits per heavy atom. The maximum absolute atomic E-state index is 10.6. The second-order valence-corrected chi connectivity index (χ2v) is 5.80. The third-order valence-electron chi connectivity index (χ3n) is 4.08. The maximum atomic E-state index is 10.6. The number of nitrogens with one attached hydrogen (secondary N) is 1. The second kappa shape index (κ2) is 7.95. The predicted molar refractivity (Wildman–Crippen MR) is 98.3 cm³/mol. The highest BCUT2D eigenvalue weighted by Crippen LogP contribution is 2.31. The highest BCUT2D eigenvalue weighted by Gasteiger charge is 2.23. The van der Waals surface area contributed by atoms with E-state index in [1.807, 2.05) is 67.6 Å². The first kappa shape index (κ1) is 16.5. The van der Waals surface area contributed by atoms with Gasteiger partial charge in [0.15, 0.2) is 6.10 Å². The third-order valence-corrected chi connectivity index (χ3v) is 4.08. The van der Waals surface area contributed by atoms with E-state index in [-0.39, 0.29) is 0 Å². The Balaban J connectivity index is 1.93. The van der Waals surface area contributed by atoms with Crippen molar-refractivity contribution >= 4 is 10.8 Å². The van der Waals surface area contributed by atoms with Gasteiger partial charge in [-0.2, -0.15) is 0 Å². The summed E-state index contributed by atoms with van der Waals surface area (Å²) in [6.45, 7) is 3.32. The summed E-state index contributed by atoms with van der Waals surface area (Å²) < 4.78 is 6.28. The molecule has 0 unspecified atom stereocenters. The molecule has 2 N–H and O–H groups in total. The lowest BCUT2D eigenvalue weighted by Crippen LogP contribution is -2.34. The molecule has 0 aromatic heterocycles. The van der Waals surface area contributed by atoms with Crippen LogP contribution in [-0.4, -0.2) is 24.3 Å². The van der Waals surface area contributed by atoms with E-state index in [0.717, 1.165) is 28.6 Å². The molecule has 0 spiro atoms. The summed E-state index contributed by atoms with van der Waals surface area (Å²) in [5.41, 5.74) is 0.968. The Hall–Kier alpha value is -2.36. The van der Waals surface area contributed by atoms with Crippen LogP contribution in [0.15, 0.2) is 72.8 Å². The lowest BCUT2D eigenvalue weighted by atomic mass is 10.0. The second-order valence-electron chi connectivity index (χ2n) is 5.80. The van der Waals surface area contributed by atoms with Crippen molar-refractivity contribution in [2.75, 3.05) is 13.1 Å². The van der Waals surface area contributed by atoms with Crippen LogP contribution in [0.3, 0.4) is 0 Å². The predicted octanol–water partition coefficient (Wildman–Crippen LogP) is 3.93.